The molecule has 0 aromatic heterocycles. The maximum Gasteiger partial charge on any atom is 0.494 e. The van der Waals surface area contributed by atoms with Crippen LogP contribution in [0.25, 0.3) is 0 Å². The molecule has 0 N–H and O–H groups in total. The van der Waals surface area contributed by atoms with Crippen LogP contribution >= 0.6 is 0 Å². The molecule has 0 aliphatic carbocycles. The van der Waals surface area contributed by atoms with Crippen molar-refractivity contribution in [3.05, 3.63) is 28.8 Å². The zero-order valence-corrected chi connectivity index (χ0v) is 26.7. The Morgan fingerprint density at radius 1 is 0.976 bits per heavy atom. The highest BCUT2D eigenvalue weighted by atomic mass is 16.7. The van der Waals surface area contributed by atoms with Crippen LogP contribution in [0.3, 0.4) is 0 Å². The summed E-state index contributed by atoms with van der Waals surface area (Å²) in [6.07, 6.45) is 2.24. The Morgan fingerprint density at radius 2 is 1.64 bits per heavy atom. The van der Waals surface area contributed by atoms with Gasteiger partial charge in [-0.25, -0.2) is 9.59 Å². The van der Waals surface area contributed by atoms with E-state index in [-0.39, 0.29) is 24.3 Å². The maximum atomic E-state index is 13.7. The summed E-state index contributed by atoms with van der Waals surface area (Å²) < 4.78 is 30.1. The van der Waals surface area contributed by atoms with Gasteiger partial charge in [-0.2, -0.15) is 0 Å². The average Bonchev–Trinajstić information content (AvgIpc) is 3.17. The fraction of sp³-hybridized carbons (Fsp3) is 0.742. The number of likely N-dealkylation sites (tertiary alicyclic amines) is 1. The molecule has 1 aromatic rings. The van der Waals surface area contributed by atoms with E-state index >= 15 is 0 Å². The molecule has 0 spiro atoms. The van der Waals surface area contributed by atoms with Crippen molar-refractivity contribution < 1.29 is 33.1 Å². The van der Waals surface area contributed by atoms with E-state index in [2.05, 4.69) is 12.1 Å². The molecule has 4 aliphatic rings. The number of urea groups is 1. The fourth-order valence-corrected chi connectivity index (χ4v) is 6.18. The number of benzene rings is 1. The highest BCUT2D eigenvalue weighted by Gasteiger charge is 2.52. The summed E-state index contributed by atoms with van der Waals surface area (Å²) in [6.45, 7) is 17.5. The maximum absolute atomic E-state index is 13.7. The molecule has 4 aliphatic heterocycles. The lowest BCUT2D eigenvalue weighted by Crippen LogP contribution is -2.50. The van der Waals surface area contributed by atoms with Gasteiger partial charge in [-0.05, 0) is 89.9 Å². The van der Waals surface area contributed by atoms with Gasteiger partial charge in [0.15, 0.2) is 0 Å². The van der Waals surface area contributed by atoms with E-state index in [4.69, 9.17) is 23.5 Å². The van der Waals surface area contributed by atoms with Crippen molar-refractivity contribution in [1.29, 1.82) is 0 Å². The lowest BCUT2D eigenvalue weighted by molar-refractivity contribution is -0.0334. The van der Waals surface area contributed by atoms with Crippen molar-refractivity contribution in [2.24, 2.45) is 0 Å². The van der Waals surface area contributed by atoms with Gasteiger partial charge in [-0.15, -0.1) is 0 Å². The number of ether oxygens (including phenoxy) is 3. The molecular weight excluding hydrogens is 537 g/mol. The molecule has 10 nitrogen and oxygen atoms in total. The second-order valence-electron chi connectivity index (χ2n) is 14.0. The summed E-state index contributed by atoms with van der Waals surface area (Å²) in [6, 6.07) is 3.95. The molecule has 1 aromatic carbocycles. The summed E-state index contributed by atoms with van der Waals surface area (Å²) in [5.74, 6) is 0. The fourth-order valence-electron chi connectivity index (χ4n) is 6.18. The van der Waals surface area contributed by atoms with Crippen LogP contribution in [0, 0.1) is 0 Å². The number of carbonyl (C=O) groups is 2. The van der Waals surface area contributed by atoms with Crippen molar-refractivity contribution in [3.8, 4) is 0 Å². The smallest absolute Gasteiger partial charge is 0.444 e. The van der Waals surface area contributed by atoms with Crippen LogP contribution in [-0.4, -0.2) is 103 Å². The summed E-state index contributed by atoms with van der Waals surface area (Å²) in [4.78, 5) is 32.7. The number of morpholine rings is 1. The van der Waals surface area contributed by atoms with Crippen LogP contribution in [0.1, 0.15) is 84.0 Å². The third-order valence-corrected chi connectivity index (χ3v) is 9.36. The Hall–Kier alpha value is -2.34. The van der Waals surface area contributed by atoms with Gasteiger partial charge in [0, 0.05) is 39.8 Å². The molecule has 5 rings (SSSR count). The Balaban J connectivity index is 1.49. The van der Waals surface area contributed by atoms with Crippen LogP contribution in [-0.2, 0) is 36.5 Å². The third-order valence-electron chi connectivity index (χ3n) is 9.36. The zero-order valence-electron chi connectivity index (χ0n) is 26.7. The van der Waals surface area contributed by atoms with Gasteiger partial charge < -0.3 is 33.3 Å². The lowest BCUT2D eigenvalue weighted by Gasteiger charge is -2.41. The van der Waals surface area contributed by atoms with Crippen molar-refractivity contribution in [2.75, 3.05) is 46.5 Å². The van der Waals surface area contributed by atoms with Crippen LogP contribution in [0.4, 0.5) is 9.59 Å². The molecule has 1 unspecified atom stereocenters. The standard InChI is InChI=1S/C31H48BN3O7/c1-29(2,3)40-28(37)35-15-16-39-20-26(35)24-18-22(32-41-30(4,5)31(6,7)42-32)17-21-9-12-34(19-25(21)24)27(36)33-13-10-23(38-8)11-14-33/h17-18,23,26H,9-16,19-20H2,1-8H3. The summed E-state index contributed by atoms with van der Waals surface area (Å²) in [7, 11) is 1.19. The topological polar surface area (TPSA) is 90.0 Å². The number of piperidine rings is 1. The molecule has 4 heterocycles. The van der Waals surface area contributed by atoms with Crippen LogP contribution < -0.4 is 5.46 Å². The summed E-state index contributed by atoms with van der Waals surface area (Å²) >= 11 is 0. The number of carbonyl (C=O) groups excluding carboxylic acids is 2. The minimum atomic E-state index is -0.622. The lowest BCUT2D eigenvalue weighted by atomic mass is 9.74. The van der Waals surface area contributed by atoms with Crippen molar-refractivity contribution in [1.82, 2.24) is 14.7 Å². The van der Waals surface area contributed by atoms with Gasteiger partial charge in [0.1, 0.15) is 5.60 Å². The molecule has 3 amide bonds. The SMILES string of the molecule is COC1CCN(C(=O)N2CCc3cc(B4OC(C)(C)C(C)(C)O4)cc(C4COCCN4C(=O)OC(C)(C)C)c3C2)CC1. The minimum absolute atomic E-state index is 0.0556. The first-order valence-electron chi connectivity index (χ1n) is 15.3. The Morgan fingerprint density at radius 3 is 2.26 bits per heavy atom. The first-order valence-corrected chi connectivity index (χ1v) is 15.3. The average molecular weight is 586 g/mol. The van der Waals surface area contributed by atoms with Gasteiger partial charge >= 0.3 is 19.2 Å². The first-order chi connectivity index (χ1) is 19.7. The second kappa shape index (κ2) is 11.6. The Labute approximate surface area is 251 Å². The van der Waals surface area contributed by atoms with Crippen molar-refractivity contribution >= 4 is 24.7 Å². The molecule has 42 heavy (non-hydrogen) atoms. The predicted octanol–water partition coefficient (Wildman–Crippen LogP) is 3.88. The molecule has 1 atom stereocenters. The molecule has 3 fully saturated rings. The molecule has 3 saturated heterocycles. The second-order valence-corrected chi connectivity index (χ2v) is 14.0. The van der Waals surface area contributed by atoms with Gasteiger partial charge in [0.05, 0.1) is 36.6 Å². The van der Waals surface area contributed by atoms with Crippen LogP contribution in [0.5, 0.6) is 0 Å². The van der Waals surface area contributed by atoms with Gasteiger partial charge in [0.25, 0.3) is 0 Å². The predicted molar refractivity (Wildman–Crippen MR) is 160 cm³/mol. The number of amides is 3. The minimum Gasteiger partial charge on any atom is -0.444 e. The highest BCUT2D eigenvalue weighted by molar-refractivity contribution is 6.62. The van der Waals surface area contributed by atoms with Crippen LogP contribution in [0.2, 0.25) is 0 Å². The highest BCUT2D eigenvalue weighted by Crippen LogP contribution is 2.38. The first kappa shape index (κ1) is 31.1. The van der Waals surface area contributed by atoms with E-state index in [1.165, 1.54) is 0 Å². The monoisotopic (exact) mass is 585 g/mol. The Kier molecular flexibility index (Phi) is 8.61. The number of fused-ring (bicyclic) bond motifs is 1. The van der Waals surface area contributed by atoms with Crippen molar-refractivity contribution in [3.63, 3.8) is 0 Å². The summed E-state index contributed by atoms with van der Waals surface area (Å²) in [5.41, 5.74) is 2.49. The van der Waals surface area contributed by atoms with Crippen molar-refractivity contribution in [2.45, 2.75) is 103 Å². The molecule has 11 heteroatoms. The molecule has 0 saturated carbocycles. The van der Waals surface area contributed by atoms with E-state index in [1.807, 2.05) is 58.3 Å². The molecule has 0 bridgehead atoms. The summed E-state index contributed by atoms with van der Waals surface area (Å²) in [5, 5.41) is 0. The Bertz CT molecular complexity index is 1160. The van der Waals surface area contributed by atoms with Crippen LogP contribution in [0.15, 0.2) is 12.1 Å². The van der Waals surface area contributed by atoms with E-state index < -0.39 is 23.9 Å². The van der Waals surface area contributed by atoms with E-state index in [0.717, 1.165) is 35.0 Å². The number of rotatable bonds is 3. The van der Waals surface area contributed by atoms with Gasteiger partial charge in [-0.1, -0.05) is 12.1 Å². The quantitative estimate of drug-likeness (QED) is 0.498. The normalized spacial score (nSPS) is 24.5. The van der Waals surface area contributed by atoms with E-state index in [1.54, 1.807) is 12.0 Å². The molecule has 232 valence electrons. The number of nitrogens with zero attached hydrogens (tertiary/aromatic N) is 3. The molecular formula is C31H48BN3O7. The van der Waals surface area contributed by atoms with Gasteiger partial charge in [-0.3, -0.25) is 4.90 Å². The largest absolute Gasteiger partial charge is 0.494 e. The number of hydrogen-bond acceptors (Lipinski definition) is 7. The number of methoxy groups -OCH3 is 1. The zero-order chi connectivity index (χ0) is 30.4. The van der Waals surface area contributed by atoms with E-state index in [0.29, 0.717) is 52.4 Å². The van der Waals surface area contributed by atoms with E-state index in [9.17, 15) is 9.59 Å². The third kappa shape index (κ3) is 6.30. The number of hydrogen-bond donors (Lipinski definition) is 0. The van der Waals surface area contributed by atoms with Gasteiger partial charge in [0.2, 0.25) is 0 Å². The molecule has 0 radical (unpaired) electrons.